The van der Waals surface area contributed by atoms with Crippen molar-refractivity contribution < 1.29 is 22.5 Å². The predicted octanol–water partition coefficient (Wildman–Crippen LogP) is 1.16. The van der Waals surface area contributed by atoms with Crippen LogP contribution in [0.3, 0.4) is 0 Å². The number of nitrogens with zero attached hydrogens (tertiary/aromatic N) is 2. The maximum atomic E-state index is 13.5. The van der Waals surface area contributed by atoms with E-state index in [1.807, 2.05) is 24.4 Å². The highest BCUT2D eigenvalue weighted by atomic mass is 32.2. The van der Waals surface area contributed by atoms with E-state index in [4.69, 9.17) is 4.74 Å². The molecule has 0 bridgehead atoms. The standard InChI is InChI=1S/C16H18FN3O3S/c1-23-14-6-5-13(17)12-15(14)24(21,22)20-10-8-19(9-11-20)16-4-2-3-7-18-16/h2-7,12H,8-11H2,1H3/p+1. The largest absolute Gasteiger partial charge is 0.495 e. The topological polar surface area (TPSA) is 64.0 Å². The zero-order valence-corrected chi connectivity index (χ0v) is 14.1. The molecule has 3 rings (SSSR count). The van der Waals surface area contributed by atoms with Crippen molar-refractivity contribution in [2.45, 2.75) is 4.90 Å². The molecule has 1 fully saturated rings. The number of methoxy groups -OCH3 is 1. The van der Waals surface area contributed by atoms with Crippen molar-refractivity contribution in [2.75, 3.05) is 38.2 Å². The third-order valence-corrected chi connectivity index (χ3v) is 5.94. The first-order valence-electron chi connectivity index (χ1n) is 7.58. The van der Waals surface area contributed by atoms with Crippen molar-refractivity contribution in [3.05, 3.63) is 48.4 Å². The zero-order chi connectivity index (χ0) is 17.2. The van der Waals surface area contributed by atoms with Gasteiger partial charge in [0.15, 0.2) is 0 Å². The van der Waals surface area contributed by atoms with Crippen LogP contribution in [0, 0.1) is 5.82 Å². The van der Waals surface area contributed by atoms with Gasteiger partial charge in [-0.05, 0) is 24.3 Å². The number of nitrogens with one attached hydrogen (secondary N) is 1. The number of aromatic nitrogens is 1. The molecule has 8 heteroatoms. The van der Waals surface area contributed by atoms with E-state index in [1.54, 1.807) is 0 Å². The molecule has 1 N–H and O–H groups in total. The number of hydrogen-bond donors (Lipinski definition) is 0. The third-order valence-electron chi connectivity index (χ3n) is 4.02. The molecule has 0 saturated carbocycles. The lowest BCUT2D eigenvalue weighted by Gasteiger charge is -2.30. The van der Waals surface area contributed by atoms with E-state index in [9.17, 15) is 12.8 Å². The molecule has 0 aliphatic carbocycles. The molecule has 0 unspecified atom stereocenters. The first kappa shape index (κ1) is 16.7. The normalized spacial score (nSPS) is 16.2. The summed E-state index contributed by atoms with van der Waals surface area (Å²) in [7, 11) is -2.43. The van der Waals surface area contributed by atoms with E-state index < -0.39 is 15.8 Å². The van der Waals surface area contributed by atoms with Crippen LogP contribution in [0.15, 0.2) is 47.5 Å². The second-order valence-electron chi connectivity index (χ2n) is 5.43. The fourth-order valence-electron chi connectivity index (χ4n) is 2.74. The molecule has 0 spiro atoms. The molecule has 128 valence electrons. The van der Waals surface area contributed by atoms with Crippen molar-refractivity contribution in [3.8, 4) is 5.75 Å². The summed E-state index contributed by atoms with van der Waals surface area (Å²) in [6.45, 7) is 1.75. The van der Waals surface area contributed by atoms with Crippen LogP contribution in [0.1, 0.15) is 0 Å². The van der Waals surface area contributed by atoms with E-state index in [-0.39, 0.29) is 10.6 Å². The minimum absolute atomic E-state index is 0.135. The van der Waals surface area contributed by atoms with Crippen molar-refractivity contribution >= 4 is 15.8 Å². The van der Waals surface area contributed by atoms with Gasteiger partial charge in [0.05, 0.1) is 39.5 Å². The van der Waals surface area contributed by atoms with Crippen molar-refractivity contribution in [2.24, 2.45) is 0 Å². The van der Waals surface area contributed by atoms with Crippen LogP contribution in [-0.2, 0) is 10.0 Å². The monoisotopic (exact) mass is 352 g/mol. The fourth-order valence-corrected chi connectivity index (χ4v) is 4.33. The minimum atomic E-state index is -3.80. The second kappa shape index (κ2) is 6.74. The van der Waals surface area contributed by atoms with Gasteiger partial charge in [0.1, 0.15) is 16.5 Å². The van der Waals surface area contributed by atoms with Crippen LogP contribution in [0.5, 0.6) is 5.75 Å². The van der Waals surface area contributed by atoms with Gasteiger partial charge in [-0.2, -0.15) is 4.31 Å². The van der Waals surface area contributed by atoms with E-state index >= 15 is 0 Å². The smallest absolute Gasteiger partial charge is 0.274 e. The Hall–Kier alpha value is -2.19. The van der Waals surface area contributed by atoms with Gasteiger partial charge in [-0.3, -0.25) is 4.90 Å². The van der Waals surface area contributed by atoms with Crippen LogP contribution in [0.2, 0.25) is 0 Å². The highest BCUT2D eigenvalue weighted by Crippen LogP contribution is 2.28. The van der Waals surface area contributed by atoms with Crippen molar-refractivity contribution in [1.29, 1.82) is 0 Å². The summed E-state index contributed by atoms with van der Waals surface area (Å²) < 4.78 is 45.6. The Bertz CT molecular complexity index is 807. The molecular weight excluding hydrogens is 333 g/mol. The molecule has 1 aliphatic heterocycles. The Morgan fingerprint density at radius 3 is 2.50 bits per heavy atom. The average Bonchev–Trinajstić information content (AvgIpc) is 2.62. The third kappa shape index (κ3) is 3.20. The van der Waals surface area contributed by atoms with Crippen LogP contribution in [0.25, 0.3) is 0 Å². The summed E-state index contributed by atoms with van der Waals surface area (Å²) >= 11 is 0. The first-order valence-corrected chi connectivity index (χ1v) is 9.02. The Labute approximate surface area is 140 Å². The maximum Gasteiger partial charge on any atom is 0.274 e. The fraction of sp³-hybridized carbons (Fsp3) is 0.312. The second-order valence-corrected chi connectivity index (χ2v) is 7.34. The summed E-state index contributed by atoms with van der Waals surface area (Å²) in [6, 6.07) is 9.27. The summed E-state index contributed by atoms with van der Waals surface area (Å²) in [4.78, 5) is 5.08. The maximum absolute atomic E-state index is 13.5. The number of piperazine rings is 1. The highest BCUT2D eigenvalue weighted by molar-refractivity contribution is 7.89. The Kier molecular flexibility index (Phi) is 4.68. The number of aromatic amines is 1. The Morgan fingerprint density at radius 2 is 1.88 bits per heavy atom. The van der Waals surface area contributed by atoms with Gasteiger partial charge < -0.3 is 4.74 Å². The number of anilines is 1. The van der Waals surface area contributed by atoms with Gasteiger partial charge in [0, 0.05) is 6.07 Å². The predicted molar refractivity (Wildman–Crippen MR) is 86.9 cm³/mol. The molecule has 0 radical (unpaired) electrons. The van der Waals surface area contributed by atoms with Crippen molar-refractivity contribution in [1.82, 2.24) is 4.31 Å². The number of ether oxygens (including phenoxy) is 1. The van der Waals surface area contributed by atoms with E-state index in [2.05, 4.69) is 9.88 Å². The average molecular weight is 352 g/mol. The van der Waals surface area contributed by atoms with Crippen molar-refractivity contribution in [3.63, 3.8) is 0 Å². The molecule has 1 aromatic heterocycles. The molecule has 2 aromatic rings. The number of H-pyrrole nitrogens is 1. The number of pyridine rings is 1. The number of rotatable bonds is 4. The molecule has 24 heavy (non-hydrogen) atoms. The lowest BCUT2D eigenvalue weighted by Crippen LogP contribution is -2.49. The van der Waals surface area contributed by atoms with Gasteiger partial charge in [-0.25, -0.2) is 17.8 Å². The van der Waals surface area contributed by atoms with E-state index in [0.717, 1.165) is 11.9 Å². The highest BCUT2D eigenvalue weighted by Gasteiger charge is 2.33. The van der Waals surface area contributed by atoms with Crippen LogP contribution < -0.4 is 14.6 Å². The van der Waals surface area contributed by atoms with Gasteiger partial charge >= 0.3 is 0 Å². The quantitative estimate of drug-likeness (QED) is 0.828. The number of benzene rings is 1. The zero-order valence-electron chi connectivity index (χ0n) is 13.3. The van der Waals surface area contributed by atoms with E-state index in [1.165, 1.54) is 23.5 Å². The lowest BCUT2D eigenvalue weighted by molar-refractivity contribution is -0.364. The number of sulfonamides is 1. The summed E-state index contributed by atoms with van der Waals surface area (Å²) in [5.41, 5.74) is 0. The van der Waals surface area contributed by atoms with E-state index in [0.29, 0.717) is 26.2 Å². The minimum Gasteiger partial charge on any atom is -0.495 e. The van der Waals surface area contributed by atoms with Gasteiger partial charge in [0.25, 0.3) is 5.82 Å². The SMILES string of the molecule is COc1ccc(F)cc1S(=O)(=O)N1CCN(c2cccc[nH+]2)CC1. The van der Waals surface area contributed by atoms with Gasteiger partial charge in [-0.1, -0.05) is 6.07 Å². The first-order chi connectivity index (χ1) is 11.5. The Balaban J connectivity index is 1.79. The summed E-state index contributed by atoms with van der Waals surface area (Å²) in [6.07, 6.45) is 1.83. The molecule has 1 aliphatic rings. The molecule has 6 nitrogen and oxygen atoms in total. The number of hydrogen-bond acceptors (Lipinski definition) is 4. The summed E-state index contributed by atoms with van der Waals surface area (Å²) in [5.74, 6) is 0.486. The van der Waals surface area contributed by atoms with Crippen LogP contribution >= 0.6 is 0 Å². The number of halogens is 1. The lowest BCUT2D eigenvalue weighted by atomic mass is 10.3. The molecule has 1 aromatic carbocycles. The molecule has 0 atom stereocenters. The Morgan fingerprint density at radius 1 is 1.12 bits per heavy atom. The van der Waals surface area contributed by atoms with Gasteiger partial charge in [0.2, 0.25) is 10.0 Å². The molecule has 1 saturated heterocycles. The summed E-state index contributed by atoms with van der Waals surface area (Å²) in [5, 5.41) is 0. The molecule has 2 heterocycles. The van der Waals surface area contributed by atoms with Gasteiger partial charge in [-0.15, -0.1) is 0 Å². The van der Waals surface area contributed by atoms with Crippen LogP contribution in [0.4, 0.5) is 10.2 Å². The van der Waals surface area contributed by atoms with Crippen LogP contribution in [-0.4, -0.2) is 46.0 Å². The molecular formula is C16H19FN3O3S+. The molecule has 0 amide bonds.